The summed E-state index contributed by atoms with van der Waals surface area (Å²) in [6.07, 6.45) is 15.8. The predicted molar refractivity (Wildman–Crippen MR) is 99.0 cm³/mol. The van der Waals surface area contributed by atoms with Crippen molar-refractivity contribution in [1.29, 1.82) is 0 Å². The van der Waals surface area contributed by atoms with Gasteiger partial charge in [-0.05, 0) is 31.9 Å². The van der Waals surface area contributed by atoms with E-state index in [9.17, 15) is 4.79 Å². The Labute approximate surface area is 144 Å². The first-order valence-electron chi connectivity index (χ1n) is 9.74. The molecule has 0 aromatic heterocycles. The van der Waals surface area contributed by atoms with Crippen molar-refractivity contribution in [2.75, 3.05) is 14.2 Å². The van der Waals surface area contributed by atoms with Gasteiger partial charge in [-0.1, -0.05) is 57.8 Å². The van der Waals surface area contributed by atoms with Crippen molar-refractivity contribution < 1.29 is 13.6 Å². The quantitative estimate of drug-likeness (QED) is 0.303. The molecule has 0 radical (unpaired) electrons. The van der Waals surface area contributed by atoms with Crippen LogP contribution in [0.15, 0.2) is 0 Å². The summed E-state index contributed by atoms with van der Waals surface area (Å²) in [6.45, 7) is 2.14. The second-order valence-electron chi connectivity index (χ2n) is 7.32. The van der Waals surface area contributed by atoms with Gasteiger partial charge in [0.1, 0.15) is 5.78 Å². The summed E-state index contributed by atoms with van der Waals surface area (Å²) < 4.78 is 11.0. The van der Waals surface area contributed by atoms with Gasteiger partial charge in [-0.3, -0.25) is 4.79 Å². The van der Waals surface area contributed by atoms with Crippen LogP contribution in [0.3, 0.4) is 0 Å². The fourth-order valence-corrected chi connectivity index (χ4v) is 5.01. The maximum Gasteiger partial charge on any atom is 0.334 e. The van der Waals surface area contributed by atoms with Crippen molar-refractivity contribution in [3.8, 4) is 0 Å². The van der Waals surface area contributed by atoms with Gasteiger partial charge in [0, 0.05) is 26.6 Å². The van der Waals surface area contributed by atoms with Gasteiger partial charge in [-0.15, -0.1) is 0 Å². The van der Waals surface area contributed by atoms with E-state index in [0.717, 1.165) is 31.7 Å². The number of unbranched alkanes of at least 4 members (excludes halogenated alkanes) is 7. The maximum absolute atomic E-state index is 12.0. The summed E-state index contributed by atoms with van der Waals surface area (Å²) in [7, 11) is 1.70. The lowest BCUT2D eigenvalue weighted by Gasteiger charge is -2.22. The van der Waals surface area contributed by atoms with Crippen LogP contribution in [-0.2, 0) is 13.6 Å². The molecule has 4 heteroatoms. The smallest absolute Gasteiger partial charge is 0.334 e. The molecule has 1 fully saturated rings. The van der Waals surface area contributed by atoms with E-state index in [4.69, 9.17) is 8.85 Å². The van der Waals surface area contributed by atoms with Crippen LogP contribution < -0.4 is 0 Å². The number of rotatable bonds is 14. The summed E-state index contributed by atoms with van der Waals surface area (Å²) >= 11 is 0. The zero-order chi connectivity index (χ0) is 17.0. The van der Waals surface area contributed by atoms with Gasteiger partial charge in [0.2, 0.25) is 0 Å². The molecule has 3 nitrogen and oxygen atoms in total. The fraction of sp³-hybridized carbons (Fsp3) is 0.947. The van der Waals surface area contributed by atoms with E-state index < -0.39 is 8.56 Å². The van der Waals surface area contributed by atoms with Crippen LogP contribution in [0.5, 0.6) is 0 Å². The van der Waals surface area contributed by atoms with E-state index in [2.05, 4.69) is 6.55 Å². The monoisotopic (exact) mass is 342 g/mol. The molecule has 0 amide bonds. The highest BCUT2D eigenvalue weighted by atomic mass is 28.4. The van der Waals surface area contributed by atoms with Crippen molar-refractivity contribution >= 4 is 14.3 Å². The topological polar surface area (TPSA) is 35.5 Å². The number of carbonyl (C=O) groups excluding carboxylic acids is 1. The number of Topliss-reactive ketones (excluding diaryl/α,β-unsaturated/α-hetero) is 1. The number of carbonyl (C=O) groups is 1. The molecular formula is C19H38O3Si. The molecule has 0 aromatic carbocycles. The van der Waals surface area contributed by atoms with Gasteiger partial charge >= 0.3 is 8.56 Å². The Morgan fingerprint density at radius 2 is 1.35 bits per heavy atom. The standard InChI is InChI=1S/C19H38O3Si/c1-21-23(3,22-2)17-13-9-7-5-4-6-8-10-16-19(20)18-14-11-12-15-18/h18H,4-17H2,1-3H3. The van der Waals surface area contributed by atoms with Crippen LogP contribution in [-0.4, -0.2) is 28.6 Å². The molecule has 136 valence electrons. The molecule has 0 spiro atoms. The predicted octanol–water partition coefficient (Wildman–Crippen LogP) is 5.62. The molecule has 1 aliphatic rings. The van der Waals surface area contributed by atoms with Crippen LogP contribution in [0, 0.1) is 5.92 Å². The summed E-state index contributed by atoms with van der Waals surface area (Å²) in [5, 5.41) is 0. The second kappa shape index (κ2) is 12.2. The average molecular weight is 343 g/mol. The normalized spacial score (nSPS) is 16.1. The molecule has 0 bridgehead atoms. The van der Waals surface area contributed by atoms with Crippen molar-refractivity contribution in [3.63, 3.8) is 0 Å². The van der Waals surface area contributed by atoms with Crippen molar-refractivity contribution in [3.05, 3.63) is 0 Å². The Balaban J connectivity index is 1.85. The van der Waals surface area contributed by atoms with E-state index in [0.29, 0.717) is 11.7 Å². The van der Waals surface area contributed by atoms with Crippen LogP contribution in [0.4, 0.5) is 0 Å². The van der Waals surface area contributed by atoms with Gasteiger partial charge < -0.3 is 8.85 Å². The highest BCUT2D eigenvalue weighted by Crippen LogP contribution is 2.27. The minimum atomic E-state index is -1.84. The first-order chi connectivity index (χ1) is 11.1. The minimum absolute atomic E-state index is 0.420. The van der Waals surface area contributed by atoms with Crippen LogP contribution in [0.1, 0.15) is 83.5 Å². The van der Waals surface area contributed by atoms with Crippen molar-refractivity contribution in [2.24, 2.45) is 5.92 Å². The number of hydrogen-bond donors (Lipinski definition) is 0. The minimum Gasteiger partial charge on any atom is -0.398 e. The van der Waals surface area contributed by atoms with Gasteiger partial charge in [0.15, 0.2) is 0 Å². The molecule has 0 aliphatic heterocycles. The third kappa shape index (κ3) is 9.01. The number of ketones is 1. The molecule has 0 N–H and O–H groups in total. The Kier molecular flexibility index (Phi) is 11.1. The highest BCUT2D eigenvalue weighted by Gasteiger charge is 2.27. The Hall–Kier alpha value is -0.193. The summed E-state index contributed by atoms with van der Waals surface area (Å²) in [4.78, 5) is 12.0. The number of hydrogen-bond acceptors (Lipinski definition) is 3. The highest BCUT2D eigenvalue weighted by molar-refractivity contribution is 6.65. The lowest BCUT2D eigenvalue weighted by atomic mass is 9.97. The van der Waals surface area contributed by atoms with Gasteiger partial charge in [0.05, 0.1) is 0 Å². The molecule has 1 rings (SSSR count). The third-order valence-electron chi connectivity index (χ3n) is 5.48. The van der Waals surface area contributed by atoms with E-state index in [1.165, 1.54) is 57.8 Å². The molecular weight excluding hydrogens is 304 g/mol. The zero-order valence-electron chi connectivity index (χ0n) is 15.7. The van der Waals surface area contributed by atoms with Gasteiger partial charge in [-0.25, -0.2) is 0 Å². The lowest BCUT2D eigenvalue weighted by Crippen LogP contribution is -2.35. The zero-order valence-corrected chi connectivity index (χ0v) is 16.7. The Morgan fingerprint density at radius 1 is 0.870 bits per heavy atom. The Bertz CT molecular complexity index is 310. The molecule has 1 aliphatic carbocycles. The van der Waals surface area contributed by atoms with E-state index in [-0.39, 0.29) is 0 Å². The lowest BCUT2D eigenvalue weighted by molar-refractivity contribution is -0.122. The van der Waals surface area contributed by atoms with Gasteiger partial charge in [-0.2, -0.15) is 0 Å². The molecule has 23 heavy (non-hydrogen) atoms. The average Bonchev–Trinajstić information content (AvgIpc) is 3.10. The summed E-state index contributed by atoms with van der Waals surface area (Å²) in [5.74, 6) is 0.967. The second-order valence-corrected chi connectivity index (χ2v) is 10.9. The molecule has 0 aromatic rings. The van der Waals surface area contributed by atoms with E-state index in [1.807, 2.05) is 0 Å². The Morgan fingerprint density at radius 3 is 1.87 bits per heavy atom. The van der Waals surface area contributed by atoms with Crippen LogP contribution in [0.25, 0.3) is 0 Å². The maximum atomic E-state index is 12.0. The van der Waals surface area contributed by atoms with E-state index in [1.54, 1.807) is 14.2 Å². The fourth-order valence-electron chi connectivity index (χ4n) is 3.55. The molecule has 1 saturated carbocycles. The largest absolute Gasteiger partial charge is 0.398 e. The van der Waals surface area contributed by atoms with Crippen LogP contribution in [0.2, 0.25) is 12.6 Å². The third-order valence-corrected chi connectivity index (χ3v) is 8.47. The van der Waals surface area contributed by atoms with Crippen molar-refractivity contribution in [1.82, 2.24) is 0 Å². The van der Waals surface area contributed by atoms with Gasteiger partial charge in [0.25, 0.3) is 0 Å². The van der Waals surface area contributed by atoms with Crippen LogP contribution >= 0.6 is 0 Å². The van der Waals surface area contributed by atoms with E-state index >= 15 is 0 Å². The molecule has 0 heterocycles. The summed E-state index contributed by atoms with van der Waals surface area (Å²) in [5.41, 5.74) is 0. The SMILES string of the molecule is CO[Si](C)(CCCCCCCCCCC(=O)C1CCCC1)OC. The first-order valence-corrected chi connectivity index (χ1v) is 12.3. The molecule has 0 unspecified atom stereocenters. The first kappa shape index (κ1) is 20.9. The van der Waals surface area contributed by atoms with Crippen molar-refractivity contribution in [2.45, 2.75) is 96.1 Å². The molecule has 0 saturated heterocycles. The summed E-state index contributed by atoms with van der Waals surface area (Å²) in [6, 6.07) is 1.10. The molecule has 0 atom stereocenters.